The molecule has 2 aromatic rings. The molecule has 216 valence electrons. The number of aliphatic carboxylic acids is 1. The minimum atomic E-state index is -0.973. The summed E-state index contributed by atoms with van der Waals surface area (Å²) in [5.41, 5.74) is 1.47. The molecule has 2 aromatic carbocycles. The van der Waals surface area contributed by atoms with Crippen LogP contribution in [-0.4, -0.2) is 45.7 Å². The number of hydrogen-bond acceptors (Lipinski definition) is 4. The van der Waals surface area contributed by atoms with Crippen LogP contribution in [-0.2, 0) is 9.59 Å². The molecule has 0 saturated heterocycles. The van der Waals surface area contributed by atoms with Crippen LogP contribution in [0.25, 0.3) is 0 Å². The molecule has 0 aliphatic carbocycles. The third kappa shape index (κ3) is 8.07. The van der Waals surface area contributed by atoms with Gasteiger partial charge in [0.15, 0.2) is 0 Å². The van der Waals surface area contributed by atoms with Crippen LogP contribution in [0, 0.1) is 11.3 Å². The van der Waals surface area contributed by atoms with Gasteiger partial charge < -0.3 is 15.3 Å². The van der Waals surface area contributed by atoms with E-state index in [2.05, 4.69) is 39.9 Å². The van der Waals surface area contributed by atoms with Gasteiger partial charge in [-0.2, -0.15) is 0 Å². The normalized spacial score (nSPS) is 18.2. The highest BCUT2D eigenvalue weighted by molar-refractivity contribution is 6.47. The van der Waals surface area contributed by atoms with E-state index in [1.54, 1.807) is 30.3 Å². The summed E-state index contributed by atoms with van der Waals surface area (Å²) in [4.78, 5) is 44.5. The average molecular weight is 589 g/mol. The van der Waals surface area contributed by atoms with Gasteiger partial charge in [0.05, 0.1) is 12.5 Å². The van der Waals surface area contributed by atoms with Gasteiger partial charge in [-0.25, -0.2) is 0 Å². The van der Waals surface area contributed by atoms with Gasteiger partial charge in [-0.3, -0.25) is 19.4 Å². The highest BCUT2D eigenvalue weighted by atomic mass is 35.5. The van der Waals surface area contributed by atoms with Gasteiger partial charge in [-0.05, 0) is 73.4 Å². The van der Waals surface area contributed by atoms with Gasteiger partial charge in [-0.1, -0.05) is 70.0 Å². The Kier molecular flexibility index (Phi) is 10.1. The summed E-state index contributed by atoms with van der Waals surface area (Å²) in [6, 6.07) is 11.9. The summed E-state index contributed by atoms with van der Waals surface area (Å²) in [6.45, 7) is 12.8. The van der Waals surface area contributed by atoms with Crippen molar-refractivity contribution < 1.29 is 19.5 Å². The van der Waals surface area contributed by atoms with Gasteiger partial charge in [0.25, 0.3) is 11.8 Å². The van der Waals surface area contributed by atoms with Crippen LogP contribution in [0.3, 0.4) is 0 Å². The third-order valence-electron chi connectivity index (χ3n) is 6.89. The summed E-state index contributed by atoms with van der Waals surface area (Å²) in [7, 11) is 0. The molecule has 1 aliphatic rings. The summed E-state index contributed by atoms with van der Waals surface area (Å²) >= 11 is 12.6. The van der Waals surface area contributed by atoms with Crippen LogP contribution in [0.15, 0.2) is 47.5 Å². The molecule has 9 heteroatoms. The average Bonchev–Trinajstić information content (AvgIpc) is 3.07. The molecule has 3 rings (SSSR count). The first-order valence-corrected chi connectivity index (χ1v) is 14.4. The molecule has 2 amide bonds. The van der Waals surface area contributed by atoms with Crippen LogP contribution in [0.1, 0.15) is 94.8 Å². The molecule has 0 spiro atoms. The molecule has 0 fully saturated rings. The van der Waals surface area contributed by atoms with Crippen molar-refractivity contribution in [1.29, 1.82) is 0 Å². The van der Waals surface area contributed by atoms with E-state index in [9.17, 15) is 14.4 Å². The Morgan fingerprint density at radius 3 is 2.20 bits per heavy atom. The lowest BCUT2D eigenvalue weighted by molar-refractivity contribution is -0.137. The molecule has 1 aliphatic heterocycles. The van der Waals surface area contributed by atoms with Gasteiger partial charge >= 0.3 is 5.97 Å². The van der Waals surface area contributed by atoms with Crippen LogP contribution in [0.5, 0.6) is 0 Å². The van der Waals surface area contributed by atoms with Crippen molar-refractivity contribution in [2.75, 3.05) is 6.54 Å². The van der Waals surface area contributed by atoms with Gasteiger partial charge in [0.2, 0.25) is 0 Å². The van der Waals surface area contributed by atoms with Gasteiger partial charge in [0, 0.05) is 27.7 Å². The van der Waals surface area contributed by atoms with Crippen LogP contribution < -0.4 is 5.32 Å². The Hall–Kier alpha value is -2.90. The van der Waals surface area contributed by atoms with E-state index in [-0.39, 0.29) is 42.2 Å². The molecule has 40 heavy (non-hydrogen) atoms. The summed E-state index contributed by atoms with van der Waals surface area (Å²) < 4.78 is 0. The highest BCUT2D eigenvalue weighted by Crippen LogP contribution is 2.42. The van der Waals surface area contributed by atoms with Crippen molar-refractivity contribution >= 4 is 46.7 Å². The van der Waals surface area contributed by atoms with E-state index in [4.69, 9.17) is 33.3 Å². The first-order chi connectivity index (χ1) is 18.6. The first kappa shape index (κ1) is 31.6. The molecule has 0 saturated carbocycles. The van der Waals surface area contributed by atoms with Crippen molar-refractivity contribution in [3.63, 3.8) is 0 Å². The molecule has 1 unspecified atom stereocenters. The summed E-state index contributed by atoms with van der Waals surface area (Å²) in [5, 5.41) is 12.3. The number of amides is 2. The Bertz CT molecular complexity index is 1260. The Balaban J connectivity index is 2.02. The Morgan fingerprint density at radius 2 is 1.68 bits per heavy atom. The van der Waals surface area contributed by atoms with Crippen molar-refractivity contribution in [2.45, 2.75) is 78.9 Å². The fourth-order valence-electron chi connectivity index (χ4n) is 5.20. The van der Waals surface area contributed by atoms with Gasteiger partial charge in [-0.15, -0.1) is 0 Å². The lowest BCUT2D eigenvalue weighted by atomic mass is 9.85. The molecule has 0 bridgehead atoms. The van der Waals surface area contributed by atoms with Crippen LogP contribution in [0.4, 0.5) is 0 Å². The second kappa shape index (κ2) is 12.7. The number of rotatable bonds is 11. The van der Waals surface area contributed by atoms with Crippen LogP contribution >= 0.6 is 23.2 Å². The lowest BCUT2D eigenvalue weighted by Crippen LogP contribution is -2.48. The number of carboxylic acids is 1. The molecule has 2 atom stereocenters. The van der Waals surface area contributed by atoms with Crippen molar-refractivity contribution in [3.8, 4) is 0 Å². The highest BCUT2D eigenvalue weighted by Gasteiger charge is 2.48. The lowest BCUT2D eigenvalue weighted by Gasteiger charge is -2.41. The predicted molar refractivity (Wildman–Crippen MR) is 160 cm³/mol. The van der Waals surface area contributed by atoms with Crippen molar-refractivity contribution in [2.24, 2.45) is 16.3 Å². The SMILES string of the molecule is CC(C)CC1(C)N=C(c2cc(Cl)cc(Cl)c2)C(=O)N1[C@H](CCC(C)(C)C)c1ccc(C(=O)NCCC(=O)O)cc1. The quantitative estimate of drug-likeness (QED) is 0.291. The topological polar surface area (TPSA) is 99.1 Å². The minimum absolute atomic E-state index is 0.0314. The third-order valence-corrected chi connectivity index (χ3v) is 7.32. The van der Waals surface area contributed by atoms with E-state index in [1.165, 1.54) is 0 Å². The van der Waals surface area contributed by atoms with Gasteiger partial charge in [0.1, 0.15) is 11.4 Å². The standard InChI is InChI=1S/C31H39Cl2N3O4/c1-19(2)18-31(6)35-27(22-15-23(32)17-24(33)16-22)29(40)36(31)25(11-13-30(3,4)5)20-7-9-21(10-8-20)28(39)34-14-12-26(37)38/h7-10,15-17,19,25H,11-14,18H2,1-6H3,(H,34,39)(H,37,38)/t25-,31?/m1/s1. The summed E-state index contributed by atoms with van der Waals surface area (Å²) in [6.07, 6.45) is 2.07. The molecular formula is C31H39Cl2N3O4. The predicted octanol–water partition coefficient (Wildman–Crippen LogP) is 7.16. The minimum Gasteiger partial charge on any atom is -0.481 e. The number of carboxylic acid groups (broad SMARTS) is 1. The maximum atomic E-state index is 14.2. The van der Waals surface area contributed by atoms with E-state index in [0.29, 0.717) is 39.7 Å². The number of carbonyl (C=O) groups is 3. The largest absolute Gasteiger partial charge is 0.481 e. The maximum Gasteiger partial charge on any atom is 0.305 e. The Morgan fingerprint density at radius 1 is 1.07 bits per heavy atom. The molecular weight excluding hydrogens is 549 g/mol. The van der Waals surface area contributed by atoms with E-state index >= 15 is 0 Å². The van der Waals surface area contributed by atoms with E-state index in [0.717, 1.165) is 12.0 Å². The smallest absolute Gasteiger partial charge is 0.305 e. The number of aliphatic imine (C=N–C) groups is 1. The first-order valence-electron chi connectivity index (χ1n) is 13.6. The number of nitrogens with zero attached hydrogens (tertiary/aromatic N) is 2. The zero-order valence-corrected chi connectivity index (χ0v) is 25.6. The molecule has 7 nitrogen and oxygen atoms in total. The molecule has 1 heterocycles. The number of hydrogen-bond donors (Lipinski definition) is 2. The number of nitrogens with one attached hydrogen (secondary N) is 1. The second-order valence-electron chi connectivity index (χ2n) is 12.2. The monoisotopic (exact) mass is 587 g/mol. The molecule has 0 radical (unpaired) electrons. The van der Waals surface area contributed by atoms with Crippen LogP contribution in [0.2, 0.25) is 10.0 Å². The second-order valence-corrected chi connectivity index (χ2v) is 13.1. The number of benzene rings is 2. The van der Waals surface area contributed by atoms with Crippen molar-refractivity contribution in [1.82, 2.24) is 10.2 Å². The molecule has 0 aromatic heterocycles. The molecule has 2 N–H and O–H groups in total. The zero-order valence-electron chi connectivity index (χ0n) is 24.1. The number of carbonyl (C=O) groups excluding carboxylic acids is 2. The maximum absolute atomic E-state index is 14.2. The summed E-state index contributed by atoms with van der Waals surface area (Å²) in [5.74, 6) is -1.23. The van der Waals surface area contributed by atoms with E-state index < -0.39 is 11.6 Å². The van der Waals surface area contributed by atoms with Crippen molar-refractivity contribution in [3.05, 3.63) is 69.2 Å². The Labute approximate surface area is 247 Å². The zero-order chi connectivity index (χ0) is 29.8. The number of halogens is 2. The fourth-order valence-corrected chi connectivity index (χ4v) is 5.73. The van der Waals surface area contributed by atoms with E-state index in [1.807, 2.05) is 24.0 Å². The fraction of sp³-hybridized carbons (Fsp3) is 0.484.